The minimum absolute atomic E-state index is 0.145. The zero-order valence-electron chi connectivity index (χ0n) is 8.88. The van der Waals surface area contributed by atoms with Gasteiger partial charge in [0.25, 0.3) is 5.91 Å². The van der Waals surface area contributed by atoms with Crippen molar-refractivity contribution < 1.29 is 9.18 Å². The highest BCUT2D eigenvalue weighted by Crippen LogP contribution is 2.42. The van der Waals surface area contributed by atoms with Crippen LogP contribution in [0.25, 0.3) is 0 Å². The molecule has 1 aliphatic heterocycles. The van der Waals surface area contributed by atoms with Crippen LogP contribution in [-0.4, -0.2) is 5.91 Å². The standard InChI is InChI=1S/C12H14FNO/c1-8(2)7-12(13)9-5-3-4-6-10(9)14-11(12)15/h3-6,8H,7H2,1-2H3,(H,14,15). The fourth-order valence-electron chi connectivity index (χ4n) is 2.05. The van der Waals surface area contributed by atoms with E-state index in [1.54, 1.807) is 24.3 Å². The van der Waals surface area contributed by atoms with E-state index in [2.05, 4.69) is 5.32 Å². The number of benzene rings is 1. The quantitative estimate of drug-likeness (QED) is 0.793. The number of para-hydroxylation sites is 1. The van der Waals surface area contributed by atoms with E-state index >= 15 is 0 Å². The summed E-state index contributed by atoms with van der Waals surface area (Å²) in [6.07, 6.45) is 0.232. The summed E-state index contributed by atoms with van der Waals surface area (Å²) in [6.45, 7) is 3.82. The highest BCUT2D eigenvalue weighted by Gasteiger charge is 2.47. The van der Waals surface area contributed by atoms with E-state index in [1.165, 1.54) is 0 Å². The Morgan fingerprint density at radius 2 is 2.07 bits per heavy atom. The zero-order chi connectivity index (χ0) is 11.1. The van der Waals surface area contributed by atoms with Gasteiger partial charge in [-0.2, -0.15) is 0 Å². The topological polar surface area (TPSA) is 29.1 Å². The molecule has 1 amide bonds. The molecule has 0 aromatic heterocycles. The first-order chi connectivity index (χ1) is 7.04. The van der Waals surface area contributed by atoms with E-state index in [0.717, 1.165) is 0 Å². The Morgan fingerprint density at radius 3 is 2.73 bits per heavy atom. The molecule has 0 saturated carbocycles. The molecule has 3 heteroatoms. The van der Waals surface area contributed by atoms with Crippen LogP contribution in [0.1, 0.15) is 25.8 Å². The van der Waals surface area contributed by atoms with E-state index < -0.39 is 11.6 Å². The first kappa shape index (κ1) is 10.1. The number of rotatable bonds is 2. The average molecular weight is 207 g/mol. The van der Waals surface area contributed by atoms with Crippen molar-refractivity contribution in [1.29, 1.82) is 0 Å². The summed E-state index contributed by atoms with van der Waals surface area (Å²) in [7, 11) is 0. The largest absolute Gasteiger partial charge is 0.323 e. The van der Waals surface area contributed by atoms with E-state index in [4.69, 9.17) is 0 Å². The van der Waals surface area contributed by atoms with Gasteiger partial charge in [-0.15, -0.1) is 0 Å². The molecule has 1 atom stereocenters. The van der Waals surface area contributed by atoms with Crippen molar-refractivity contribution in [3.8, 4) is 0 Å². The normalized spacial score (nSPS) is 24.1. The van der Waals surface area contributed by atoms with Gasteiger partial charge in [-0.25, -0.2) is 4.39 Å². The van der Waals surface area contributed by atoms with Gasteiger partial charge in [-0.3, -0.25) is 4.79 Å². The lowest BCUT2D eigenvalue weighted by atomic mass is 9.88. The van der Waals surface area contributed by atoms with Gasteiger partial charge < -0.3 is 5.32 Å². The predicted molar refractivity (Wildman–Crippen MR) is 57.3 cm³/mol. The van der Waals surface area contributed by atoms with Crippen molar-refractivity contribution in [3.63, 3.8) is 0 Å². The lowest BCUT2D eigenvalue weighted by Crippen LogP contribution is -2.30. The number of carbonyl (C=O) groups is 1. The summed E-state index contributed by atoms with van der Waals surface area (Å²) in [6, 6.07) is 6.96. The summed E-state index contributed by atoms with van der Waals surface area (Å²) in [4.78, 5) is 11.6. The molecule has 1 N–H and O–H groups in total. The maximum Gasteiger partial charge on any atom is 0.266 e. The molecule has 0 radical (unpaired) electrons. The van der Waals surface area contributed by atoms with Crippen LogP contribution in [0.4, 0.5) is 10.1 Å². The van der Waals surface area contributed by atoms with Gasteiger partial charge in [-0.1, -0.05) is 32.0 Å². The maximum atomic E-state index is 14.5. The van der Waals surface area contributed by atoms with Crippen LogP contribution < -0.4 is 5.32 Å². The van der Waals surface area contributed by atoms with Gasteiger partial charge in [0, 0.05) is 11.3 Å². The van der Waals surface area contributed by atoms with Crippen molar-refractivity contribution in [2.75, 3.05) is 5.32 Å². The van der Waals surface area contributed by atoms with Crippen LogP contribution in [0.2, 0.25) is 0 Å². The molecular formula is C12H14FNO. The number of amides is 1. The second-order valence-electron chi connectivity index (χ2n) is 4.40. The monoisotopic (exact) mass is 207 g/mol. The molecule has 0 spiro atoms. The van der Waals surface area contributed by atoms with Crippen LogP contribution in [0.3, 0.4) is 0 Å². The van der Waals surface area contributed by atoms with Crippen LogP contribution in [-0.2, 0) is 10.5 Å². The number of nitrogens with one attached hydrogen (secondary N) is 1. The first-order valence-corrected chi connectivity index (χ1v) is 5.14. The van der Waals surface area contributed by atoms with Crippen LogP contribution in [0.5, 0.6) is 0 Å². The lowest BCUT2D eigenvalue weighted by Gasteiger charge is -2.19. The minimum Gasteiger partial charge on any atom is -0.323 e. The number of halogens is 1. The molecule has 1 aromatic carbocycles. The molecular weight excluding hydrogens is 193 g/mol. The first-order valence-electron chi connectivity index (χ1n) is 5.14. The van der Waals surface area contributed by atoms with E-state index in [1.807, 2.05) is 13.8 Å². The number of hydrogen-bond donors (Lipinski definition) is 1. The Bertz CT molecular complexity index is 402. The highest BCUT2D eigenvalue weighted by atomic mass is 19.1. The predicted octanol–water partition coefficient (Wildman–Crippen LogP) is 2.85. The molecule has 15 heavy (non-hydrogen) atoms. The Balaban J connectivity index is 2.44. The summed E-state index contributed by atoms with van der Waals surface area (Å²) in [5.74, 6) is -0.385. The smallest absolute Gasteiger partial charge is 0.266 e. The summed E-state index contributed by atoms with van der Waals surface area (Å²) >= 11 is 0. The molecule has 0 bridgehead atoms. The highest BCUT2D eigenvalue weighted by molar-refractivity contribution is 6.04. The van der Waals surface area contributed by atoms with Gasteiger partial charge in [0.1, 0.15) is 0 Å². The molecule has 2 rings (SSSR count). The van der Waals surface area contributed by atoms with Gasteiger partial charge >= 0.3 is 0 Å². The van der Waals surface area contributed by atoms with Crippen LogP contribution in [0.15, 0.2) is 24.3 Å². The fourth-order valence-corrected chi connectivity index (χ4v) is 2.05. The molecule has 1 heterocycles. The molecule has 80 valence electrons. The van der Waals surface area contributed by atoms with Crippen molar-refractivity contribution in [2.45, 2.75) is 25.9 Å². The second-order valence-corrected chi connectivity index (χ2v) is 4.40. The van der Waals surface area contributed by atoms with E-state index in [9.17, 15) is 9.18 Å². The number of alkyl halides is 1. The third-order valence-electron chi connectivity index (χ3n) is 2.65. The maximum absolute atomic E-state index is 14.5. The Labute approximate surface area is 88.5 Å². The summed E-state index contributed by atoms with van der Waals surface area (Å²) in [5, 5.41) is 2.58. The van der Waals surface area contributed by atoms with E-state index in [-0.39, 0.29) is 12.3 Å². The van der Waals surface area contributed by atoms with Gasteiger partial charge in [0.15, 0.2) is 0 Å². The van der Waals surface area contributed by atoms with Crippen molar-refractivity contribution >= 4 is 11.6 Å². The Hall–Kier alpha value is -1.38. The summed E-state index contributed by atoms with van der Waals surface area (Å²) in [5.41, 5.74) is -0.764. The van der Waals surface area contributed by atoms with Gasteiger partial charge in [0.2, 0.25) is 5.67 Å². The Morgan fingerprint density at radius 1 is 1.40 bits per heavy atom. The number of fused-ring (bicyclic) bond motifs is 1. The number of carbonyl (C=O) groups excluding carboxylic acids is 1. The summed E-state index contributed by atoms with van der Waals surface area (Å²) < 4.78 is 14.5. The van der Waals surface area contributed by atoms with E-state index in [0.29, 0.717) is 11.3 Å². The molecule has 2 nitrogen and oxygen atoms in total. The molecule has 1 aliphatic rings. The second kappa shape index (κ2) is 3.33. The SMILES string of the molecule is CC(C)CC1(F)C(=O)Nc2ccccc21. The molecule has 1 aromatic rings. The molecule has 0 aliphatic carbocycles. The van der Waals surface area contributed by atoms with Gasteiger partial charge in [-0.05, 0) is 18.4 Å². The van der Waals surface area contributed by atoms with Crippen LogP contribution in [0, 0.1) is 5.92 Å². The fraction of sp³-hybridized carbons (Fsp3) is 0.417. The Kier molecular flexibility index (Phi) is 2.25. The minimum atomic E-state index is -1.84. The van der Waals surface area contributed by atoms with Crippen LogP contribution >= 0.6 is 0 Å². The van der Waals surface area contributed by atoms with Gasteiger partial charge in [0.05, 0.1) is 0 Å². The molecule has 0 fully saturated rings. The molecule has 1 unspecified atom stereocenters. The molecule has 0 saturated heterocycles. The third-order valence-corrected chi connectivity index (χ3v) is 2.65. The number of anilines is 1. The van der Waals surface area contributed by atoms with Crippen molar-refractivity contribution in [2.24, 2.45) is 5.92 Å². The van der Waals surface area contributed by atoms with Crippen molar-refractivity contribution in [3.05, 3.63) is 29.8 Å². The number of hydrogen-bond acceptors (Lipinski definition) is 1. The van der Waals surface area contributed by atoms with Crippen molar-refractivity contribution in [1.82, 2.24) is 0 Å². The zero-order valence-corrected chi connectivity index (χ0v) is 8.88. The lowest BCUT2D eigenvalue weighted by molar-refractivity contribution is -0.127. The third kappa shape index (κ3) is 1.52. The average Bonchev–Trinajstić information content (AvgIpc) is 2.39.